The lowest BCUT2D eigenvalue weighted by Crippen LogP contribution is -2.27. The lowest BCUT2D eigenvalue weighted by atomic mass is 9.93. The number of hydrogen-bond donors (Lipinski definition) is 0. The molecule has 0 radical (unpaired) electrons. The molecule has 1 aromatic heterocycles. The zero-order chi connectivity index (χ0) is 15.1. The van der Waals surface area contributed by atoms with Gasteiger partial charge in [0.25, 0.3) is 0 Å². The van der Waals surface area contributed by atoms with Gasteiger partial charge < -0.3 is 9.15 Å². The summed E-state index contributed by atoms with van der Waals surface area (Å²) in [4.78, 5) is 0. The normalized spacial score (nSPS) is 21.7. The maximum Gasteiger partial charge on any atom is 0.136 e. The molecule has 0 bridgehead atoms. The van der Waals surface area contributed by atoms with Crippen LogP contribution in [0.5, 0.6) is 0 Å². The monoisotopic (exact) mass is 292 g/mol. The highest BCUT2D eigenvalue weighted by Crippen LogP contribution is 2.37. The molecule has 2 atom stereocenters. The summed E-state index contributed by atoms with van der Waals surface area (Å²) in [7, 11) is 0. The molecule has 0 amide bonds. The Balaban J connectivity index is 1.71. The maximum atomic E-state index is 6.28. The van der Waals surface area contributed by atoms with E-state index in [1.54, 1.807) is 0 Å². The third-order valence-electron chi connectivity index (χ3n) is 4.56. The lowest BCUT2D eigenvalue weighted by Gasteiger charge is -2.31. The summed E-state index contributed by atoms with van der Waals surface area (Å²) < 4.78 is 11.9. The van der Waals surface area contributed by atoms with Crippen molar-refractivity contribution in [3.8, 4) is 0 Å². The number of unbranched alkanes of at least 4 members (excludes halogenated alkanes) is 6. The van der Waals surface area contributed by atoms with Crippen molar-refractivity contribution in [1.29, 1.82) is 0 Å². The minimum Gasteiger partial charge on any atom is -0.466 e. The summed E-state index contributed by atoms with van der Waals surface area (Å²) in [5.41, 5.74) is 1.37. The highest BCUT2D eigenvalue weighted by molar-refractivity contribution is 5.23. The summed E-state index contributed by atoms with van der Waals surface area (Å²) in [5, 5.41) is 0. The Labute approximate surface area is 130 Å². The summed E-state index contributed by atoms with van der Waals surface area (Å²) >= 11 is 0. The predicted molar refractivity (Wildman–Crippen MR) is 87.5 cm³/mol. The van der Waals surface area contributed by atoms with Gasteiger partial charge in [0.05, 0.1) is 12.4 Å². The van der Waals surface area contributed by atoms with E-state index in [2.05, 4.69) is 26.8 Å². The molecule has 120 valence electrons. The van der Waals surface area contributed by atoms with Gasteiger partial charge in [-0.25, -0.2) is 0 Å². The molecule has 0 saturated carbocycles. The van der Waals surface area contributed by atoms with Crippen LogP contribution in [-0.4, -0.2) is 6.10 Å². The number of fused-ring (bicyclic) bond motifs is 1. The van der Waals surface area contributed by atoms with Crippen LogP contribution in [-0.2, 0) is 11.2 Å². The molecule has 2 rings (SSSR count). The van der Waals surface area contributed by atoms with Crippen LogP contribution in [0.3, 0.4) is 0 Å². The van der Waals surface area contributed by atoms with E-state index in [9.17, 15) is 0 Å². The minimum absolute atomic E-state index is 0.151. The summed E-state index contributed by atoms with van der Waals surface area (Å²) in [6, 6.07) is 2.13. The van der Waals surface area contributed by atoms with Gasteiger partial charge in [-0.3, -0.25) is 0 Å². The Morgan fingerprint density at radius 3 is 2.52 bits per heavy atom. The fourth-order valence-corrected chi connectivity index (χ4v) is 3.29. The molecule has 0 saturated heterocycles. The average molecular weight is 292 g/mol. The van der Waals surface area contributed by atoms with E-state index in [1.807, 2.05) is 6.26 Å². The molecule has 0 fully saturated rings. The van der Waals surface area contributed by atoms with E-state index in [4.69, 9.17) is 9.15 Å². The van der Waals surface area contributed by atoms with Gasteiger partial charge in [-0.05, 0) is 24.0 Å². The quantitative estimate of drug-likeness (QED) is 0.516. The topological polar surface area (TPSA) is 22.4 Å². The van der Waals surface area contributed by atoms with Gasteiger partial charge in [-0.1, -0.05) is 65.7 Å². The van der Waals surface area contributed by atoms with Crippen molar-refractivity contribution in [2.45, 2.75) is 90.8 Å². The predicted octanol–water partition coefficient (Wildman–Crippen LogP) is 6.06. The fraction of sp³-hybridized carbons (Fsp3) is 0.789. The SMILES string of the molecule is CCCCCCCCC[C@H]1Cc2ccoc2[C@@H](C(C)C)O1. The third kappa shape index (κ3) is 4.88. The van der Waals surface area contributed by atoms with Gasteiger partial charge in [0.2, 0.25) is 0 Å². The Kier molecular flexibility index (Phi) is 6.82. The first kappa shape index (κ1) is 16.6. The first-order valence-corrected chi connectivity index (χ1v) is 8.94. The molecule has 1 aliphatic rings. The van der Waals surface area contributed by atoms with Gasteiger partial charge in [-0.15, -0.1) is 0 Å². The molecule has 2 nitrogen and oxygen atoms in total. The molecule has 2 heteroatoms. The van der Waals surface area contributed by atoms with Crippen molar-refractivity contribution in [3.63, 3.8) is 0 Å². The van der Waals surface area contributed by atoms with Crippen molar-refractivity contribution in [2.24, 2.45) is 5.92 Å². The number of furan rings is 1. The number of ether oxygens (including phenoxy) is 1. The van der Waals surface area contributed by atoms with E-state index in [0.717, 1.165) is 12.2 Å². The maximum absolute atomic E-state index is 6.28. The van der Waals surface area contributed by atoms with Crippen LogP contribution >= 0.6 is 0 Å². The molecule has 0 spiro atoms. The smallest absolute Gasteiger partial charge is 0.136 e. The standard InChI is InChI=1S/C19H32O2/c1-4-5-6-7-8-9-10-11-17-14-16-12-13-20-19(16)18(21-17)15(2)3/h12-13,15,17-18H,4-11,14H2,1-3H3/t17-,18+/m0/s1. The Morgan fingerprint density at radius 1 is 1.10 bits per heavy atom. The van der Waals surface area contributed by atoms with Crippen molar-refractivity contribution in [2.75, 3.05) is 0 Å². The van der Waals surface area contributed by atoms with Crippen molar-refractivity contribution < 1.29 is 9.15 Å². The van der Waals surface area contributed by atoms with Crippen LogP contribution in [0.4, 0.5) is 0 Å². The molecule has 0 aromatic carbocycles. The Hall–Kier alpha value is -0.760. The van der Waals surface area contributed by atoms with Crippen LogP contribution in [0, 0.1) is 5.92 Å². The van der Waals surface area contributed by atoms with Crippen molar-refractivity contribution >= 4 is 0 Å². The van der Waals surface area contributed by atoms with E-state index < -0.39 is 0 Å². The minimum atomic E-state index is 0.151. The second-order valence-electron chi connectivity index (χ2n) is 6.85. The second kappa shape index (κ2) is 8.63. The van der Waals surface area contributed by atoms with E-state index in [1.165, 1.54) is 56.9 Å². The number of hydrogen-bond acceptors (Lipinski definition) is 2. The highest BCUT2D eigenvalue weighted by atomic mass is 16.5. The summed E-state index contributed by atoms with van der Waals surface area (Å²) in [6.07, 6.45) is 14.2. The molecule has 21 heavy (non-hydrogen) atoms. The van der Waals surface area contributed by atoms with Crippen LogP contribution in [0.1, 0.15) is 89.6 Å². The zero-order valence-corrected chi connectivity index (χ0v) is 14.1. The molecular weight excluding hydrogens is 260 g/mol. The molecule has 0 N–H and O–H groups in total. The second-order valence-corrected chi connectivity index (χ2v) is 6.85. The molecule has 0 unspecified atom stereocenters. The largest absolute Gasteiger partial charge is 0.466 e. The first-order chi connectivity index (χ1) is 10.2. The summed E-state index contributed by atoms with van der Waals surface area (Å²) in [5.74, 6) is 1.55. The first-order valence-electron chi connectivity index (χ1n) is 8.94. The van der Waals surface area contributed by atoms with Crippen LogP contribution in [0.15, 0.2) is 16.7 Å². The highest BCUT2D eigenvalue weighted by Gasteiger charge is 2.31. The molecular formula is C19H32O2. The third-order valence-corrected chi connectivity index (χ3v) is 4.56. The van der Waals surface area contributed by atoms with Gasteiger partial charge in [0, 0.05) is 6.42 Å². The molecule has 0 aliphatic carbocycles. The van der Waals surface area contributed by atoms with Crippen molar-refractivity contribution in [3.05, 3.63) is 23.7 Å². The van der Waals surface area contributed by atoms with Crippen molar-refractivity contribution in [1.82, 2.24) is 0 Å². The molecule has 2 heterocycles. The fourth-order valence-electron chi connectivity index (χ4n) is 3.29. The van der Waals surface area contributed by atoms with E-state index in [0.29, 0.717) is 12.0 Å². The Morgan fingerprint density at radius 2 is 1.81 bits per heavy atom. The van der Waals surface area contributed by atoms with Gasteiger partial charge >= 0.3 is 0 Å². The van der Waals surface area contributed by atoms with Crippen LogP contribution < -0.4 is 0 Å². The molecule has 1 aliphatic heterocycles. The Bertz CT molecular complexity index is 394. The molecule has 1 aromatic rings. The average Bonchev–Trinajstić information content (AvgIpc) is 2.93. The zero-order valence-electron chi connectivity index (χ0n) is 14.1. The lowest BCUT2D eigenvalue weighted by molar-refractivity contribution is -0.0646. The van der Waals surface area contributed by atoms with E-state index >= 15 is 0 Å². The van der Waals surface area contributed by atoms with Gasteiger partial charge in [0.15, 0.2) is 0 Å². The summed E-state index contributed by atoms with van der Waals surface area (Å²) in [6.45, 7) is 6.70. The van der Waals surface area contributed by atoms with Gasteiger partial charge in [0.1, 0.15) is 11.9 Å². The van der Waals surface area contributed by atoms with E-state index in [-0.39, 0.29) is 6.10 Å². The van der Waals surface area contributed by atoms with Crippen LogP contribution in [0.25, 0.3) is 0 Å². The van der Waals surface area contributed by atoms with Gasteiger partial charge in [-0.2, -0.15) is 0 Å². The van der Waals surface area contributed by atoms with Crippen LogP contribution in [0.2, 0.25) is 0 Å². The number of rotatable bonds is 9.